The first kappa shape index (κ1) is 21.9. The van der Waals surface area contributed by atoms with E-state index < -0.39 is 45.0 Å². The monoisotopic (exact) mass is 436 g/mol. The van der Waals surface area contributed by atoms with Crippen LogP contribution < -0.4 is 0 Å². The van der Waals surface area contributed by atoms with Crippen LogP contribution in [0.3, 0.4) is 0 Å². The van der Waals surface area contributed by atoms with Crippen LogP contribution in [0.15, 0.2) is 24.3 Å². The molecule has 0 N–H and O–H groups in total. The lowest BCUT2D eigenvalue weighted by atomic mass is 9.96. The molecule has 1 atom stereocenters. The summed E-state index contributed by atoms with van der Waals surface area (Å²) >= 11 is 0. The number of hydrogen-bond donors (Lipinski definition) is 0. The molecule has 162 valence electrons. The average Bonchev–Trinajstić information content (AvgIpc) is 2.91. The summed E-state index contributed by atoms with van der Waals surface area (Å²) in [6, 6.07) is 6.14. The van der Waals surface area contributed by atoms with Crippen molar-refractivity contribution in [1.29, 1.82) is 0 Å². The van der Waals surface area contributed by atoms with E-state index >= 15 is 0 Å². The molecule has 3 amide bonds. The second kappa shape index (κ2) is 7.82. The van der Waals surface area contributed by atoms with Gasteiger partial charge in [-0.2, -0.15) is 0 Å². The Labute approximate surface area is 176 Å². The Morgan fingerprint density at radius 2 is 1.53 bits per heavy atom. The lowest BCUT2D eigenvalue weighted by Gasteiger charge is -2.38. The highest BCUT2D eigenvalue weighted by molar-refractivity contribution is 7.86. The van der Waals surface area contributed by atoms with Crippen molar-refractivity contribution in [2.45, 2.75) is 44.0 Å². The number of piperidine rings is 1. The zero-order valence-electron chi connectivity index (χ0n) is 17.3. The molecule has 1 aromatic rings. The molecule has 0 radical (unpaired) electrons. The fourth-order valence-corrected chi connectivity index (χ4v) is 4.43. The van der Waals surface area contributed by atoms with Gasteiger partial charge in [0, 0.05) is 30.1 Å². The van der Waals surface area contributed by atoms with E-state index in [0.717, 1.165) is 0 Å². The fourth-order valence-electron chi connectivity index (χ4n) is 3.40. The topological polar surface area (TPSA) is 110 Å². The maximum atomic E-state index is 13.0. The molecule has 2 aliphatic heterocycles. The Bertz CT molecular complexity index is 894. The maximum absolute atomic E-state index is 13.0. The molecule has 10 heteroatoms. The minimum absolute atomic E-state index is 0.0529. The predicted octanol–water partition coefficient (Wildman–Crippen LogP) is 1.89. The molecular formula is C20H24N2O7S. The number of nitrogens with zero attached hydrogens (tertiary/aromatic N) is 2. The van der Waals surface area contributed by atoms with Crippen molar-refractivity contribution in [3.8, 4) is 0 Å². The molecule has 30 heavy (non-hydrogen) atoms. The fraction of sp³-hybridized carbons (Fsp3) is 0.500. The Hall–Kier alpha value is -2.75. The van der Waals surface area contributed by atoms with Crippen molar-refractivity contribution >= 4 is 34.7 Å². The molecule has 1 aromatic carbocycles. The van der Waals surface area contributed by atoms with E-state index in [4.69, 9.17) is 9.57 Å². The van der Waals surface area contributed by atoms with E-state index in [-0.39, 0.29) is 37.1 Å². The van der Waals surface area contributed by atoms with E-state index in [1.54, 1.807) is 32.9 Å². The van der Waals surface area contributed by atoms with Crippen molar-refractivity contribution < 1.29 is 33.0 Å². The maximum Gasteiger partial charge on any atom is 0.410 e. The number of ether oxygens (including phenoxy) is 1. The van der Waals surface area contributed by atoms with E-state index in [0.29, 0.717) is 5.06 Å². The van der Waals surface area contributed by atoms with Crippen LogP contribution in [0.2, 0.25) is 0 Å². The summed E-state index contributed by atoms with van der Waals surface area (Å²) in [5, 5.41) is 0.419. The van der Waals surface area contributed by atoms with E-state index in [9.17, 15) is 23.4 Å². The summed E-state index contributed by atoms with van der Waals surface area (Å²) in [6.07, 6.45) is 0.952. The number of benzene rings is 1. The molecule has 0 aromatic heterocycles. The number of amides is 3. The number of hydroxylamine groups is 2. The highest BCUT2D eigenvalue weighted by atomic mass is 32.2. The van der Waals surface area contributed by atoms with E-state index in [2.05, 4.69) is 0 Å². The zero-order valence-corrected chi connectivity index (χ0v) is 18.1. The second-order valence-corrected chi connectivity index (χ2v) is 9.93. The van der Waals surface area contributed by atoms with Crippen LogP contribution in [0.1, 0.15) is 54.3 Å². The van der Waals surface area contributed by atoms with Crippen molar-refractivity contribution in [3.05, 3.63) is 35.4 Å². The third-order valence-electron chi connectivity index (χ3n) is 5.08. The standard InChI is InChI=1S/C20H24N2O7S/c1-19(2,3)28-18(26)21-11-9-20(10-12-21,30(4)27)17(25)29-22-15(23)13-7-5-6-8-14(13)16(22)24/h5-8H,9-12H2,1-4H3. The van der Waals surface area contributed by atoms with Gasteiger partial charge in [0.2, 0.25) is 0 Å². The van der Waals surface area contributed by atoms with E-state index in [1.165, 1.54) is 23.3 Å². The van der Waals surface area contributed by atoms with Gasteiger partial charge in [-0.3, -0.25) is 13.8 Å². The highest BCUT2D eigenvalue weighted by Gasteiger charge is 2.50. The summed E-state index contributed by atoms with van der Waals surface area (Å²) < 4.78 is 16.4. The minimum atomic E-state index is -1.66. The van der Waals surface area contributed by atoms with Gasteiger partial charge in [0.1, 0.15) is 10.3 Å². The SMILES string of the molecule is CS(=O)C1(C(=O)ON2C(=O)c3ccccc3C2=O)CCN(C(=O)OC(C)(C)C)CC1. The molecule has 1 fully saturated rings. The molecule has 1 unspecified atom stereocenters. The Balaban J connectivity index is 1.73. The zero-order chi connectivity index (χ0) is 22.3. The Morgan fingerprint density at radius 3 is 1.97 bits per heavy atom. The first-order chi connectivity index (χ1) is 14.0. The minimum Gasteiger partial charge on any atom is -0.444 e. The number of likely N-dealkylation sites (tertiary alicyclic amines) is 1. The molecule has 2 aliphatic rings. The van der Waals surface area contributed by atoms with Crippen LogP contribution in [0.4, 0.5) is 4.79 Å². The first-order valence-electron chi connectivity index (χ1n) is 9.48. The molecule has 0 aliphatic carbocycles. The molecule has 2 heterocycles. The number of hydrogen-bond acceptors (Lipinski definition) is 7. The van der Waals surface area contributed by atoms with Crippen LogP contribution in [0.25, 0.3) is 0 Å². The van der Waals surface area contributed by atoms with Crippen LogP contribution in [-0.4, -0.2) is 67.7 Å². The number of carbonyl (C=O) groups is 4. The van der Waals surface area contributed by atoms with Crippen LogP contribution in [0, 0.1) is 0 Å². The second-order valence-electron chi connectivity index (χ2n) is 8.24. The lowest BCUT2D eigenvalue weighted by Crippen LogP contribution is -2.55. The van der Waals surface area contributed by atoms with Gasteiger partial charge in [-0.25, -0.2) is 9.59 Å². The van der Waals surface area contributed by atoms with Gasteiger partial charge in [0.25, 0.3) is 11.8 Å². The summed E-state index contributed by atoms with van der Waals surface area (Å²) in [5.74, 6) is -2.42. The van der Waals surface area contributed by atoms with Gasteiger partial charge in [-0.15, -0.1) is 0 Å². The summed E-state index contributed by atoms with van der Waals surface area (Å²) in [7, 11) is -1.66. The van der Waals surface area contributed by atoms with Crippen molar-refractivity contribution in [2.24, 2.45) is 0 Å². The molecule has 0 bridgehead atoms. The highest BCUT2D eigenvalue weighted by Crippen LogP contribution is 2.32. The number of imide groups is 1. The van der Waals surface area contributed by atoms with Crippen LogP contribution in [-0.2, 0) is 25.2 Å². The number of fused-ring (bicyclic) bond motifs is 1. The average molecular weight is 436 g/mol. The van der Waals surface area contributed by atoms with Crippen molar-refractivity contribution in [3.63, 3.8) is 0 Å². The van der Waals surface area contributed by atoms with Crippen LogP contribution >= 0.6 is 0 Å². The predicted molar refractivity (Wildman–Crippen MR) is 107 cm³/mol. The Morgan fingerprint density at radius 1 is 1.03 bits per heavy atom. The summed E-state index contributed by atoms with van der Waals surface area (Å²) in [5.41, 5.74) is -0.382. The third kappa shape index (κ3) is 3.96. The van der Waals surface area contributed by atoms with Gasteiger partial charge >= 0.3 is 12.1 Å². The van der Waals surface area contributed by atoms with Gasteiger partial charge in [0.05, 0.1) is 11.1 Å². The largest absolute Gasteiger partial charge is 0.444 e. The molecule has 3 rings (SSSR count). The van der Waals surface area contributed by atoms with Crippen molar-refractivity contribution in [2.75, 3.05) is 19.3 Å². The van der Waals surface area contributed by atoms with E-state index in [1.807, 2.05) is 0 Å². The molecular weight excluding hydrogens is 412 g/mol. The van der Waals surface area contributed by atoms with Crippen LogP contribution in [0.5, 0.6) is 0 Å². The quantitative estimate of drug-likeness (QED) is 0.666. The molecule has 9 nitrogen and oxygen atoms in total. The van der Waals surface area contributed by atoms with Gasteiger partial charge in [-0.1, -0.05) is 17.2 Å². The van der Waals surface area contributed by atoms with Crippen molar-refractivity contribution in [1.82, 2.24) is 9.96 Å². The molecule has 0 saturated carbocycles. The van der Waals surface area contributed by atoms with Gasteiger partial charge in [-0.05, 0) is 45.7 Å². The van der Waals surface area contributed by atoms with Gasteiger partial charge in [0.15, 0.2) is 0 Å². The van der Waals surface area contributed by atoms with Gasteiger partial charge < -0.3 is 14.5 Å². The first-order valence-corrected chi connectivity index (χ1v) is 11.0. The lowest BCUT2D eigenvalue weighted by molar-refractivity contribution is -0.173. The third-order valence-corrected chi connectivity index (χ3v) is 6.75. The summed E-state index contributed by atoms with van der Waals surface area (Å²) in [4.78, 5) is 56.8. The molecule has 0 spiro atoms. The number of rotatable bonds is 3. The Kier molecular flexibility index (Phi) is 5.72. The normalized spacial score (nSPS) is 19.3. The number of carbonyl (C=O) groups excluding carboxylic acids is 4. The summed E-state index contributed by atoms with van der Waals surface area (Å²) in [6.45, 7) is 5.51. The smallest absolute Gasteiger partial charge is 0.410 e. The molecule has 1 saturated heterocycles.